The van der Waals surface area contributed by atoms with Gasteiger partial charge in [-0.15, -0.1) is 0 Å². The summed E-state index contributed by atoms with van der Waals surface area (Å²) in [6.07, 6.45) is 72.7. The second kappa shape index (κ2) is 62.4. The molecule has 7 unspecified atom stereocenters. The summed E-state index contributed by atoms with van der Waals surface area (Å²) in [7, 11) is -5.09. The number of aliphatic hydroxyl groups is 4. The van der Waals surface area contributed by atoms with Crippen LogP contribution in [0.25, 0.3) is 0 Å². The van der Waals surface area contributed by atoms with Gasteiger partial charge in [-0.25, -0.2) is 4.18 Å². The average Bonchev–Trinajstić information content (AvgIpc) is 1.65. The number of aliphatic hydroxyl groups excluding tert-OH is 4. The Kier molecular flexibility index (Phi) is 59.9. The fourth-order valence-corrected chi connectivity index (χ4v) is 12.8. The number of ether oxygens (including phenoxy) is 2. The van der Waals surface area contributed by atoms with Gasteiger partial charge in [0, 0.05) is 6.42 Å². The number of nitrogens with one attached hydrogen (secondary N) is 1. The Labute approximate surface area is 531 Å². The summed E-state index contributed by atoms with van der Waals surface area (Å²) < 4.78 is 48.1. The maximum Gasteiger partial charge on any atom is 0.397 e. The normalized spacial score (nSPS) is 18.2. The van der Waals surface area contributed by atoms with E-state index in [-0.39, 0.29) is 18.9 Å². The fourth-order valence-electron chi connectivity index (χ4n) is 12.3. The van der Waals surface area contributed by atoms with Gasteiger partial charge in [0.15, 0.2) is 6.29 Å². The number of carbonyl (C=O) groups is 1. The van der Waals surface area contributed by atoms with Crippen LogP contribution in [-0.2, 0) is 28.9 Å². The Balaban J connectivity index is 2.20. The molecule has 86 heavy (non-hydrogen) atoms. The molecule has 6 N–H and O–H groups in total. The summed E-state index contributed by atoms with van der Waals surface area (Å²) in [4.78, 5) is 13.2. The first-order valence-corrected chi connectivity index (χ1v) is 38.6. The van der Waals surface area contributed by atoms with Gasteiger partial charge in [0.1, 0.15) is 24.4 Å². The van der Waals surface area contributed by atoms with Crippen molar-refractivity contribution in [3.63, 3.8) is 0 Å². The molecule has 12 nitrogen and oxygen atoms in total. The van der Waals surface area contributed by atoms with Crippen LogP contribution in [0.15, 0.2) is 24.3 Å². The van der Waals surface area contributed by atoms with Crippen LogP contribution in [0.3, 0.4) is 0 Å². The number of hydrogen-bond donors (Lipinski definition) is 6. The van der Waals surface area contributed by atoms with Crippen LogP contribution in [0, 0.1) is 0 Å². The van der Waals surface area contributed by atoms with Crippen molar-refractivity contribution in [1.82, 2.24) is 5.32 Å². The summed E-state index contributed by atoms with van der Waals surface area (Å²) in [5.41, 5.74) is 0. The van der Waals surface area contributed by atoms with Gasteiger partial charge >= 0.3 is 10.4 Å². The van der Waals surface area contributed by atoms with Crippen molar-refractivity contribution in [2.45, 2.75) is 423 Å². The highest BCUT2D eigenvalue weighted by atomic mass is 32.3. The highest BCUT2D eigenvalue weighted by molar-refractivity contribution is 7.80. The number of rotatable bonds is 67. The molecule has 7 atom stereocenters. The Morgan fingerprint density at radius 2 is 0.744 bits per heavy atom. The number of hydrogen-bond acceptors (Lipinski definition) is 10. The third-order valence-corrected chi connectivity index (χ3v) is 18.4. The molecule has 1 aliphatic rings. The Hall–Kier alpha value is -1.42. The lowest BCUT2D eigenvalue weighted by Gasteiger charge is -2.41. The molecular weight excluding hydrogens is 1100 g/mol. The zero-order valence-corrected chi connectivity index (χ0v) is 57.0. The second-order valence-corrected chi connectivity index (χ2v) is 27.3. The average molecular weight is 1240 g/mol. The zero-order valence-electron chi connectivity index (χ0n) is 56.2. The predicted octanol–water partition coefficient (Wildman–Crippen LogP) is 19.9. The minimum atomic E-state index is -5.09. The molecule has 510 valence electrons. The van der Waals surface area contributed by atoms with Crippen molar-refractivity contribution in [2.24, 2.45) is 0 Å². The van der Waals surface area contributed by atoms with E-state index in [0.29, 0.717) is 6.42 Å². The van der Waals surface area contributed by atoms with E-state index in [1.54, 1.807) is 6.08 Å². The van der Waals surface area contributed by atoms with E-state index in [9.17, 15) is 38.2 Å². The summed E-state index contributed by atoms with van der Waals surface area (Å²) in [5, 5.41) is 45.2. The first-order chi connectivity index (χ1) is 42.0. The van der Waals surface area contributed by atoms with Crippen molar-refractivity contribution in [1.29, 1.82) is 0 Å². The molecule has 0 radical (unpaired) electrons. The standard InChI is InChI=1S/C73H141NO11S/c1-3-5-7-9-11-13-15-17-19-21-23-25-27-29-30-31-32-33-34-35-36-37-38-39-41-43-45-47-49-51-53-55-57-59-61-63-69(77)74-66(65-83-73-71(79)72(85-86(80,81)82)70(78)68(64-75)84-73)67(76)62-60-58-56-54-52-50-48-46-44-42-40-28-26-24-22-20-18-16-14-12-10-8-6-4-2/h31-32,60,62,66-68,70-73,75-76,78-79H,3-30,33-59,61,63-65H2,1-2H3,(H,74,77)(H,80,81,82)/b32-31-,62-60+. The smallest absolute Gasteiger partial charge is 0.394 e. The van der Waals surface area contributed by atoms with Gasteiger partial charge in [0.05, 0.1) is 25.4 Å². The molecule has 1 rings (SSSR count). The summed E-state index contributed by atoms with van der Waals surface area (Å²) in [6, 6.07) is -0.944. The van der Waals surface area contributed by atoms with E-state index >= 15 is 0 Å². The molecule has 1 aliphatic heterocycles. The van der Waals surface area contributed by atoms with E-state index < -0.39 is 59.9 Å². The zero-order chi connectivity index (χ0) is 62.5. The van der Waals surface area contributed by atoms with Crippen molar-refractivity contribution in [3.8, 4) is 0 Å². The van der Waals surface area contributed by atoms with Gasteiger partial charge in [-0.2, -0.15) is 8.42 Å². The van der Waals surface area contributed by atoms with Crippen LogP contribution in [0.4, 0.5) is 0 Å². The molecule has 0 aromatic heterocycles. The van der Waals surface area contributed by atoms with Gasteiger partial charge in [-0.3, -0.25) is 9.35 Å². The number of unbranched alkanes of at least 4 members (excludes halogenated alkanes) is 53. The third-order valence-electron chi connectivity index (χ3n) is 18.0. The molecule has 0 spiro atoms. The van der Waals surface area contributed by atoms with Crippen molar-refractivity contribution in [2.75, 3.05) is 13.2 Å². The number of carbonyl (C=O) groups excluding carboxylic acids is 1. The first-order valence-electron chi connectivity index (χ1n) is 37.2. The van der Waals surface area contributed by atoms with Crippen LogP contribution in [-0.4, -0.2) is 95.4 Å². The van der Waals surface area contributed by atoms with E-state index in [1.165, 1.54) is 315 Å². The SMILES string of the molecule is CCCCCCCCCCCCCCCC/C=C\CCCCCCCCCCCCCCCCCCCC(=O)NC(COC1OC(CO)C(O)C(OS(=O)(=O)O)C1O)C(O)/C=C/CCCCCCCCCCCCCCCCCCCCCCCC. The van der Waals surface area contributed by atoms with Crippen molar-refractivity contribution in [3.05, 3.63) is 24.3 Å². The lowest BCUT2D eigenvalue weighted by molar-refractivity contribution is -0.298. The van der Waals surface area contributed by atoms with Gasteiger partial charge < -0.3 is 35.2 Å². The highest BCUT2D eigenvalue weighted by Crippen LogP contribution is 2.27. The molecule has 1 saturated heterocycles. The molecule has 13 heteroatoms. The van der Waals surface area contributed by atoms with E-state index in [0.717, 1.165) is 38.5 Å². The van der Waals surface area contributed by atoms with Crippen LogP contribution < -0.4 is 5.32 Å². The second-order valence-electron chi connectivity index (χ2n) is 26.2. The number of allylic oxidation sites excluding steroid dienone is 3. The van der Waals surface area contributed by atoms with Gasteiger partial charge in [-0.1, -0.05) is 353 Å². The van der Waals surface area contributed by atoms with E-state index in [2.05, 4.69) is 35.5 Å². The lowest BCUT2D eigenvalue weighted by Crippen LogP contribution is -2.61. The van der Waals surface area contributed by atoms with Crippen LogP contribution in [0.5, 0.6) is 0 Å². The molecule has 0 saturated carbocycles. The highest BCUT2D eigenvalue weighted by Gasteiger charge is 2.48. The van der Waals surface area contributed by atoms with E-state index in [4.69, 9.17) is 9.47 Å². The van der Waals surface area contributed by atoms with Crippen molar-refractivity contribution >= 4 is 16.3 Å². The molecule has 1 amide bonds. The molecule has 0 bridgehead atoms. The topological polar surface area (TPSA) is 192 Å². The molecule has 1 fully saturated rings. The summed E-state index contributed by atoms with van der Waals surface area (Å²) >= 11 is 0. The van der Waals surface area contributed by atoms with E-state index in [1.807, 2.05) is 6.08 Å². The van der Waals surface area contributed by atoms with Gasteiger partial charge in [0.2, 0.25) is 5.91 Å². The minimum Gasteiger partial charge on any atom is -0.394 e. The fraction of sp³-hybridized carbons (Fsp3) is 0.932. The quantitative estimate of drug-likeness (QED) is 0.0193. The maximum absolute atomic E-state index is 13.2. The summed E-state index contributed by atoms with van der Waals surface area (Å²) in [5.74, 6) is -0.254. The Morgan fingerprint density at radius 3 is 1.05 bits per heavy atom. The monoisotopic (exact) mass is 1240 g/mol. The van der Waals surface area contributed by atoms with Gasteiger partial charge in [-0.05, 0) is 44.9 Å². The predicted molar refractivity (Wildman–Crippen MR) is 361 cm³/mol. The minimum absolute atomic E-state index is 0.254. The first kappa shape index (κ1) is 82.6. The molecule has 0 aromatic rings. The Morgan fingerprint density at radius 1 is 0.453 bits per heavy atom. The summed E-state index contributed by atoms with van der Waals surface area (Å²) in [6.45, 7) is 3.47. The van der Waals surface area contributed by atoms with Gasteiger partial charge in [0.25, 0.3) is 0 Å². The van der Waals surface area contributed by atoms with Crippen molar-refractivity contribution < 1.29 is 51.8 Å². The van der Waals surface area contributed by atoms with Crippen LogP contribution >= 0.6 is 0 Å². The van der Waals surface area contributed by atoms with Crippen LogP contribution in [0.1, 0.15) is 380 Å². The molecule has 0 aromatic carbocycles. The van der Waals surface area contributed by atoms with Crippen LogP contribution in [0.2, 0.25) is 0 Å². The molecule has 0 aliphatic carbocycles. The third kappa shape index (κ3) is 53.3. The largest absolute Gasteiger partial charge is 0.397 e. The number of amides is 1. The Bertz CT molecular complexity index is 1600. The molecular formula is C73H141NO11S. The molecule has 1 heterocycles. The lowest BCUT2D eigenvalue weighted by atomic mass is 9.99. The maximum atomic E-state index is 13.2.